The third-order valence-electron chi connectivity index (χ3n) is 5.50. The quantitative estimate of drug-likeness (QED) is 0.582. The molecule has 0 spiro atoms. The Bertz CT molecular complexity index is 1060. The van der Waals surface area contributed by atoms with Gasteiger partial charge >= 0.3 is 6.18 Å². The van der Waals surface area contributed by atoms with Crippen molar-refractivity contribution in [3.8, 4) is 17.0 Å². The number of fused-ring (bicyclic) bond motifs is 1. The average Bonchev–Trinajstić information content (AvgIpc) is 2.77. The topological polar surface area (TPSA) is 42.4 Å². The molecule has 2 aromatic carbocycles. The number of nitrogens with zero attached hydrogens (tertiary/aromatic N) is 2. The maximum Gasteiger partial charge on any atom is 0.393 e. The van der Waals surface area contributed by atoms with Crippen molar-refractivity contribution in [2.45, 2.75) is 19.0 Å². The van der Waals surface area contributed by atoms with Crippen LogP contribution in [0.3, 0.4) is 0 Å². The van der Waals surface area contributed by atoms with Gasteiger partial charge in [-0.15, -0.1) is 0 Å². The number of para-hydroxylation sites is 1. The SMILES string of the molecule is COc1ccc(-c2cc(C(=O)N3CCC[C@@H](C(F)(F)F)C3)c3ccccc3n2)cc1. The molecular weight excluding hydrogens is 393 g/mol. The second-order valence-electron chi connectivity index (χ2n) is 7.43. The Hall–Kier alpha value is -3.09. The lowest BCUT2D eigenvalue weighted by molar-refractivity contribution is -0.184. The third kappa shape index (κ3) is 3.97. The Morgan fingerprint density at radius 2 is 1.87 bits per heavy atom. The van der Waals surface area contributed by atoms with Crippen LogP contribution in [0.1, 0.15) is 23.2 Å². The molecule has 0 aliphatic carbocycles. The van der Waals surface area contributed by atoms with E-state index in [2.05, 4.69) is 4.98 Å². The molecule has 1 aliphatic heterocycles. The van der Waals surface area contributed by atoms with Crippen molar-refractivity contribution in [3.05, 3.63) is 60.2 Å². The molecule has 1 aliphatic rings. The molecule has 0 unspecified atom stereocenters. The Balaban J connectivity index is 1.74. The van der Waals surface area contributed by atoms with Crippen LogP contribution in [0.2, 0.25) is 0 Å². The van der Waals surface area contributed by atoms with E-state index in [1.807, 2.05) is 18.2 Å². The summed E-state index contributed by atoms with van der Waals surface area (Å²) >= 11 is 0. The largest absolute Gasteiger partial charge is 0.497 e. The summed E-state index contributed by atoms with van der Waals surface area (Å²) < 4.78 is 44.8. The summed E-state index contributed by atoms with van der Waals surface area (Å²) in [4.78, 5) is 19.3. The van der Waals surface area contributed by atoms with E-state index in [0.717, 1.165) is 5.56 Å². The molecule has 7 heteroatoms. The number of carbonyl (C=O) groups excluding carboxylic acids is 1. The van der Waals surface area contributed by atoms with Gasteiger partial charge in [0.05, 0.1) is 29.8 Å². The van der Waals surface area contributed by atoms with Crippen LogP contribution in [-0.4, -0.2) is 42.2 Å². The average molecular weight is 414 g/mol. The zero-order valence-electron chi connectivity index (χ0n) is 16.4. The summed E-state index contributed by atoms with van der Waals surface area (Å²) in [6.07, 6.45) is -3.90. The molecule has 156 valence electrons. The molecule has 3 aromatic rings. The number of rotatable bonds is 3. The first kappa shape index (κ1) is 20.2. The van der Waals surface area contributed by atoms with E-state index in [1.165, 1.54) is 4.90 Å². The van der Waals surface area contributed by atoms with Crippen LogP contribution in [0, 0.1) is 5.92 Å². The lowest BCUT2D eigenvalue weighted by atomic mass is 9.96. The fourth-order valence-corrected chi connectivity index (χ4v) is 3.86. The van der Waals surface area contributed by atoms with Gasteiger partial charge in [-0.3, -0.25) is 4.79 Å². The Morgan fingerprint density at radius 3 is 2.57 bits per heavy atom. The lowest BCUT2D eigenvalue weighted by Gasteiger charge is -2.34. The van der Waals surface area contributed by atoms with Crippen molar-refractivity contribution in [3.63, 3.8) is 0 Å². The summed E-state index contributed by atoms with van der Waals surface area (Å²) in [6, 6.07) is 16.1. The van der Waals surface area contributed by atoms with Crippen molar-refractivity contribution in [2.24, 2.45) is 5.92 Å². The maximum atomic E-state index is 13.3. The van der Waals surface area contributed by atoms with Gasteiger partial charge in [-0.05, 0) is 49.2 Å². The summed E-state index contributed by atoms with van der Waals surface area (Å²) in [6.45, 7) is 0.0107. The first-order chi connectivity index (χ1) is 14.4. The third-order valence-corrected chi connectivity index (χ3v) is 5.50. The number of benzene rings is 2. The van der Waals surface area contributed by atoms with E-state index >= 15 is 0 Å². The summed E-state index contributed by atoms with van der Waals surface area (Å²) in [5.41, 5.74) is 2.37. The van der Waals surface area contributed by atoms with Crippen molar-refractivity contribution in [1.29, 1.82) is 0 Å². The molecular formula is C23H21F3N2O2. The molecule has 1 aromatic heterocycles. The molecule has 1 saturated heterocycles. The number of alkyl halides is 3. The van der Waals surface area contributed by atoms with Gasteiger partial charge in [-0.1, -0.05) is 18.2 Å². The fraction of sp³-hybridized carbons (Fsp3) is 0.304. The van der Waals surface area contributed by atoms with Gasteiger partial charge in [0.25, 0.3) is 5.91 Å². The predicted molar refractivity (Wildman–Crippen MR) is 108 cm³/mol. The number of halogens is 3. The van der Waals surface area contributed by atoms with Crippen molar-refractivity contribution < 1.29 is 22.7 Å². The molecule has 4 rings (SSSR count). The molecule has 0 saturated carbocycles. The number of hydrogen-bond donors (Lipinski definition) is 0. The molecule has 0 N–H and O–H groups in total. The number of piperidine rings is 1. The van der Waals surface area contributed by atoms with E-state index in [1.54, 1.807) is 43.5 Å². The minimum Gasteiger partial charge on any atom is -0.497 e. The highest BCUT2D eigenvalue weighted by molar-refractivity contribution is 6.07. The second kappa shape index (κ2) is 7.97. The smallest absolute Gasteiger partial charge is 0.393 e. The molecule has 0 bridgehead atoms. The number of aromatic nitrogens is 1. The Labute approximate surface area is 172 Å². The standard InChI is InChI=1S/C23H21F3N2O2/c1-30-17-10-8-15(9-11-17)21-13-19(18-6-2-3-7-20(18)27-21)22(29)28-12-4-5-16(14-28)23(24,25)26/h2-3,6-11,13,16H,4-5,12,14H2,1H3/t16-/m1/s1. The van der Waals surface area contributed by atoms with Gasteiger partial charge < -0.3 is 9.64 Å². The highest BCUT2D eigenvalue weighted by atomic mass is 19.4. The van der Waals surface area contributed by atoms with Gasteiger partial charge in [0.15, 0.2) is 0 Å². The predicted octanol–water partition coefficient (Wildman–Crippen LogP) is 5.32. The van der Waals surface area contributed by atoms with Gasteiger partial charge in [0.2, 0.25) is 0 Å². The minimum atomic E-state index is -4.30. The molecule has 1 amide bonds. The van der Waals surface area contributed by atoms with Crippen LogP contribution in [0.5, 0.6) is 5.75 Å². The lowest BCUT2D eigenvalue weighted by Crippen LogP contribution is -2.44. The van der Waals surface area contributed by atoms with Gasteiger partial charge in [0, 0.05) is 24.0 Å². The first-order valence-electron chi connectivity index (χ1n) is 9.77. The number of carbonyl (C=O) groups is 1. The zero-order valence-corrected chi connectivity index (χ0v) is 16.4. The molecule has 30 heavy (non-hydrogen) atoms. The van der Waals surface area contributed by atoms with Crippen LogP contribution in [0.25, 0.3) is 22.2 Å². The van der Waals surface area contributed by atoms with Crippen molar-refractivity contribution in [2.75, 3.05) is 20.2 Å². The van der Waals surface area contributed by atoms with Crippen LogP contribution in [0.4, 0.5) is 13.2 Å². The van der Waals surface area contributed by atoms with Gasteiger partial charge in [-0.25, -0.2) is 4.98 Å². The van der Waals surface area contributed by atoms with E-state index < -0.39 is 18.0 Å². The highest BCUT2D eigenvalue weighted by Gasteiger charge is 2.42. The summed E-state index contributed by atoms with van der Waals surface area (Å²) in [5.74, 6) is -1.18. The highest BCUT2D eigenvalue weighted by Crippen LogP contribution is 2.34. The Morgan fingerprint density at radius 1 is 1.13 bits per heavy atom. The molecule has 1 atom stereocenters. The van der Waals surface area contributed by atoms with Gasteiger partial charge in [-0.2, -0.15) is 13.2 Å². The molecule has 1 fully saturated rings. The summed E-state index contributed by atoms with van der Waals surface area (Å²) in [7, 11) is 1.58. The van der Waals surface area contributed by atoms with Crippen LogP contribution >= 0.6 is 0 Å². The van der Waals surface area contributed by atoms with E-state index in [4.69, 9.17) is 4.74 Å². The second-order valence-corrected chi connectivity index (χ2v) is 7.43. The first-order valence-corrected chi connectivity index (χ1v) is 9.77. The number of likely N-dealkylation sites (tertiary alicyclic amines) is 1. The normalized spacial score (nSPS) is 17.2. The van der Waals surface area contributed by atoms with Crippen LogP contribution in [-0.2, 0) is 0 Å². The van der Waals surface area contributed by atoms with Crippen LogP contribution < -0.4 is 4.74 Å². The monoisotopic (exact) mass is 414 g/mol. The fourth-order valence-electron chi connectivity index (χ4n) is 3.86. The maximum absolute atomic E-state index is 13.3. The number of ether oxygens (including phenoxy) is 1. The van der Waals surface area contributed by atoms with E-state index in [-0.39, 0.29) is 13.0 Å². The van der Waals surface area contributed by atoms with Crippen molar-refractivity contribution >= 4 is 16.8 Å². The number of hydrogen-bond acceptors (Lipinski definition) is 3. The minimum absolute atomic E-state index is 0.0570. The van der Waals surface area contributed by atoms with Gasteiger partial charge in [0.1, 0.15) is 5.75 Å². The summed E-state index contributed by atoms with van der Waals surface area (Å²) in [5, 5.41) is 0.633. The van der Waals surface area contributed by atoms with Crippen molar-refractivity contribution in [1.82, 2.24) is 9.88 Å². The number of pyridine rings is 1. The van der Waals surface area contributed by atoms with E-state index in [9.17, 15) is 18.0 Å². The zero-order chi connectivity index (χ0) is 21.3. The Kier molecular flexibility index (Phi) is 5.37. The number of methoxy groups -OCH3 is 1. The van der Waals surface area contributed by atoms with E-state index in [0.29, 0.717) is 40.9 Å². The van der Waals surface area contributed by atoms with Crippen LogP contribution in [0.15, 0.2) is 54.6 Å². The number of amides is 1. The molecule has 2 heterocycles. The molecule has 0 radical (unpaired) electrons. The molecule has 4 nitrogen and oxygen atoms in total.